The molecule has 1 heteroatoms. The average Bonchev–Trinajstić information content (AvgIpc) is 1.86. The standard InChI is InChI=1S/C10H18O/c1-8-5-4-6-10(2,3)9(8)7-11/h4-5,8-9,11H,6-7H2,1-3H3/t8-,9+/m0/s1. The Balaban J connectivity index is 2.76. The molecular weight excluding hydrogens is 136 g/mol. The van der Waals surface area contributed by atoms with Crippen LogP contribution in [0.2, 0.25) is 0 Å². The Kier molecular flexibility index (Phi) is 2.38. The molecule has 0 saturated heterocycles. The first kappa shape index (κ1) is 8.79. The van der Waals surface area contributed by atoms with E-state index in [1.165, 1.54) is 0 Å². The highest BCUT2D eigenvalue weighted by atomic mass is 16.3. The molecule has 0 aliphatic heterocycles. The molecular formula is C10H18O. The van der Waals surface area contributed by atoms with E-state index < -0.39 is 0 Å². The number of allylic oxidation sites excluding steroid dienone is 2. The van der Waals surface area contributed by atoms with E-state index >= 15 is 0 Å². The maximum absolute atomic E-state index is 9.16. The van der Waals surface area contributed by atoms with Crippen LogP contribution in [-0.4, -0.2) is 11.7 Å². The van der Waals surface area contributed by atoms with Gasteiger partial charge in [-0.1, -0.05) is 32.9 Å². The van der Waals surface area contributed by atoms with Gasteiger partial charge in [-0.25, -0.2) is 0 Å². The summed E-state index contributed by atoms with van der Waals surface area (Å²) < 4.78 is 0. The summed E-state index contributed by atoms with van der Waals surface area (Å²) in [5, 5.41) is 9.16. The summed E-state index contributed by atoms with van der Waals surface area (Å²) in [6, 6.07) is 0. The summed E-state index contributed by atoms with van der Waals surface area (Å²) in [4.78, 5) is 0. The van der Waals surface area contributed by atoms with Crippen LogP contribution in [0.25, 0.3) is 0 Å². The van der Waals surface area contributed by atoms with Gasteiger partial charge >= 0.3 is 0 Å². The SMILES string of the molecule is C[C@H]1C=CCC(C)(C)[C@@H]1CO. The molecule has 0 spiro atoms. The summed E-state index contributed by atoms with van der Waals surface area (Å²) in [5.41, 5.74) is 0.281. The molecule has 1 aliphatic carbocycles. The van der Waals surface area contributed by atoms with Crippen LogP contribution < -0.4 is 0 Å². The van der Waals surface area contributed by atoms with Gasteiger partial charge in [-0.3, -0.25) is 0 Å². The van der Waals surface area contributed by atoms with Crippen molar-refractivity contribution in [3.63, 3.8) is 0 Å². The van der Waals surface area contributed by atoms with Crippen molar-refractivity contribution in [1.29, 1.82) is 0 Å². The Bertz CT molecular complexity index is 158. The van der Waals surface area contributed by atoms with E-state index in [1.54, 1.807) is 0 Å². The molecule has 0 bridgehead atoms. The van der Waals surface area contributed by atoms with Crippen molar-refractivity contribution in [1.82, 2.24) is 0 Å². The minimum absolute atomic E-state index is 0.281. The quantitative estimate of drug-likeness (QED) is 0.574. The van der Waals surface area contributed by atoms with Crippen LogP contribution in [-0.2, 0) is 0 Å². The molecule has 0 aromatic rings. The van der Waals surface area contributed by atoms with Crippen molar-refractivity contribution in [2.45, 2.75) is 27.2 Å². The molecule has 0 amide bonds. The van der Waals surface area contributed by atoms with Crippen LogP contribution in [0.1, 0.15) is 27.2 Å². The fourth-order valence-corrected chi connectivity index (χ4v) is 2.00. The first-order valence-corrected chi connectivity index (χ1v) is 4.35. The smallest absolute Gasteiger partial charge is 0.0470 e. The minimum atomic E-state index is 0.281. The second kappa shape index (κ2) is 2.98. The topological polar surface area (TPSA) is 20.2 Å². The number of aliphatic hydroxyl groups is 1. The van der Waals surface area contributed by atoms with Gasteiger partial charge < -0.3 is 5.11 Å². The lowest BCUT2D eigenvalue weighted by atomic mass is 9.68. The molecule has 1 N–H and O–H groups in total. The Hall–Kier alpha value is -0.300. The van der Waals surface area contributed by atoms with Crippen LogP contribution in [0.3, 0.4) is 0 Å². The molecule has 0 saturated carbocycles. The average molecular weight is 154 g/mol. The summed E-state index contributed by atoms with van der Waals surface area (Å²) in [6.45, 7) is 6.96. The van der Waals surface area contributed by atoms with Crippen molar-refractivity contribution in [2.75, 3.05) is 6.61 Å². The Morgan fingerprint density at radius 1 is 1.55 bits per heavy atom. The van der Waals surface area contributed by atoms with E-state index in [1.807, 2.05) is 0 Å². The molecule has 0 radical (unpaired) electrons. The van der Waals surface area contributed by atoms with Crippen LogP contribution in [0.5, 0.6) is 0 Å². The highest BCUT2D eigenvalue weighted by Gasteiger charge is 2.33. The van der Waals surface area contributed by atoms with Crippen LogP contribution >= 0.6 is 0 Å². The van der Waals surface area contributed by atoms with Gasteiger partial charge in [0, 0.05) is 6.61 Å². The number of rotatable bonds is 1. The predicted octanol–water partition coefficient (Wildman–Crippen LogP) is 2.22. The Labute approximate surface area is 69.1 Å². The van der Waals surface area contributed by atoms with E-state index in [0.29, 0.717) is 18.4 Å². The zero-order valence-corrected chi connectivity index (χ0v) is 7.67. The number of aliphatic hydroxyl groups excluding tert-OH is 1. The molecule has 1 rings (SSSR count). The van der Waals surface area contributed by atoms with Crippen molar-refractivity contribution < 1.29 is 5.11 Å². The van der Waals surface area contributed by atoms with E-state index in [9.17, 15) is 0 Å². The Morgan fingerprint density at radius 2 is 2.18 bits per heavy atom. The van der Waals surface area contributed by atoms with Gasteiger partial charge in [0.1, 0.15) is 0 Å². The normalized spacial score (nSPS) is 35.6. The van der Waals surface area contributed by atoms with Gasteiger partial charge in [0.05, 0.1) is 0 Å². The van der Waals surface area contributed by atoms with Gasteiger partial charge in [0.15, 0.2) is 0 Å². The highest BCUT2D eigenvalue weighted by Crippen LogP contribution is 2.39. The summed E-state index contributed by atoms with van der Waals surface area (Å²) in [6.07, 6.45) is 5.55. The van der Waals surface area contributed by atoms with E-state index in [0.717, 1.165) is 6.42 Å². The Morgan fingerprint density at radius 3 is 2.55 bits per heavy atom. The molecule has 0 heterocycles. The summed E-state index contributed by atoms with van der Waals surface area (Å²) in [5.74, 6) is 0.969. The highest BCUT2D eigenvalue weighted by molar-refractivity contribution is 5.02. The summed E-state index contributed by atoms with van der Waals surface area (Å²) >= 11 is 0. The monoisotopic (exact) mass is 154 g/mol. The maximum Gasteiger partial charge on any atom is 0.0470 e. The molecule has 1 aliphatic rings. The predicted molar refractivity (Wildman–Crippen MR) is 47.3 cm³/mol. The second-order valence-electron chi connectivity index (χ2n) is 4.27. The van der Waals surface area contributed by atoms with Gasteiger partial charge in [0.25, 0.3) is 0 Å². The zero-order chi connectivity index (χ0) is 8.48. The molecule has 0 aromatic carbocycles. The van der Waals surface area contributed by atoms with Gasteiger partial charge in [-0.15, -0.1) is 0 Å². The van der Waals surface area contributed by atoms with Crippen molar-refractivity contribution in [2.24, 2.45) is 17.3 Å². The first-order chi connectivity index (χ1) is 5.08. The van der Waals surface area contributed by atoms with E-state index in [-0.39, 0.29) is 5.41 Å². The third-order valence-electron chi connectivity index (χ3n) is 2.92. The lowest BCUT2D eigenvalue weighted by Crippen LogP contribution is -2.33. The zero-order valence-electron chi connectivity index (χ0n) is 7.67. The number of hydrogen-bond donors (Lipinski definition) is 1. The van der Waals surface area contributed by atoms with Gasteiger partial charge in [-0.05, 0) is 23.7 Å². The third kappa shape index (κ3) is 1.64. The number of hydrogen-bond acceptors (Lipinski definition) is 1. The molecule has 64 valence electrons. The minimum Gasteiger partial charge on any atom is -0.396 e. The van der Waals surface area contributed by atoms with Crippen LogP contribution in [0.4, 0.5) is 0 Å². The molecule has 1 nitrogen and oxygen atoms in total. The molecule has 0 unspecified atom stereocenters. The fourth-order valence-electron chi connectivity index (χ4n) is 2.00. The lowest BCUT2D eigenvalue weighted by Gasteiger charge is -2.38. The van der Waals surface area contributed by atoms with E-state index in [4.69, 9.17) is 5.11 Å². The maximum atomic E-state index is 9.16. The third-order valence-corrected chi connectivity index (χ3v) is 2.92. The largest absolute Gasteiger partial charge is 0.396 e. The molecule has 0 aromatic heterocycles. The summed E-state index contributed by atoms with van der Waals surface area (Å²) in [7, 11) is 0. The van der Waals surface area contributed by atoms with Gasteiger partial charge in [0.2, 0.25) is 0 Å². The molecule has 11 heavy (non-hydrogen) atoms. The molecule has 2 atom stereocenters. The van der Waals surface area contributed by atoms with Crippen molar-refractivity contribution in [3.05, 3.63) is 12.2 Å². The van der Waals surface area contributed by atoms with Crippen molar-refractivity contribution in [3.8, 4) is 0 Å². The second-order valence-corrected chi connectivity index (χ2v) is 4.27. The molecule has 0 fully saturated rings. The first-order valence-electron chi connectivity index (χ1n) is 4.35. The van der Waals surface area contributed by atoms with E-state index in [2.05, 4.69) is 32.9 Å². The lowest BCUT2D eigenvalue weighted by molar-refractivity contribution is 0.0827. The van der Waals surface area contributed by atoms with Crippen LogP contribution in [0.15, 0.2) is 12.2 Å². The fraction of sp³-hybridized carbons (Fsp3) is 0.800. The van der Waals surface area contributed by atoms with Gasteiger partial charge in [-0.2, -0.15) is 0 Å². The van der Waals surface area contributed by atoms with Crippen LogP contribution in [0, 0.1) is 17.3 Å². The van der Waals surface area contributed by atoms with Crippen molar-refractivity contribution >= 4 is 0 Å².